The second-order valence-corrected chi connectivity index (χ2v) is 3.29. The van der Waals surface area contributed by atoms with Crippen LogP contribution >= 0.6 is 24.0 Å². The van der Waals surface area contributed by atoms with Crippen LogP contribution in [-0.2, 0) is 6.54 Å². The molecule has 0 unspecified atom stereocenters. The van der Waals surface area contributed by atoms with Gasteiger partial charge in [0.05, 0.1) is 0 Å². The Balaban J connectivity index is 0.00000144. The first-order valence-corrected chi connectivity index (χ1v) is 4.65. The molecular weight excluding hydrogens is 205 g/mol. The van der Waals surface area contributed by atoms with Gasteiger partial charge in [-0.3, -0.25) is 0 Å². The first-order valence-electron chi connectivity index (χ1n) is 4.11. The van der Waals surface area contributed by atoms with Gasteiger partial charge in [-0.05, 0) is 12.6 Å². The van der Waals surface area contributed by atoms with Gasteiger partial charge >= 0.3 is 0 Å². The second kappa shape index (κ2) is 7.19. The lowest BCUT2D eigenvalue weighted by Crippen LogP contribution is -2.19. The van der Waals surface area contributed by atoms with Crippen LogP contribution in [-0.4, -0.2) is 24.4 Å². The molecule has 0 aliphatic carbocycles. The molecule has 0 aliphatic rings. The molecular formula is C10H15Cl2N. The van der Waals surface area contributed by atoms with Crippen molar-refractivity contribution in [2.45, 2.75) is 6.54 Å². The van der Waals surface area contributed by atoms with Gasteiger partial charge in [0.2, 0.25) is 0 Å². The maximum absolute atomic E-state index is 5.62. The lowest BCUT2D eigenvalue weighted by atomic mass is 10.2. The fourth-order valence-electron chi connectivity index (χ4n) is 1.12. The number of benzene rings is 1. The van der Waals surface area contributed by atoms with Crippen molar-refractivity contribution >= 4 is 24.0 Å². The van der Waals surface area contributed by atoms with Crippen LogP contribution in [0.1, 0.15) is 5.56 Å². The maximum atomic E-state index is 5.62. The summed E-state index contributed by atoms with van der Waals surface area (Å²) in [6.45, 7) is 1.92. The third-order valence-corrected chi connectivity index (χ3v) is 1.93. The minimum absolute atomic E-state index is 0. The number of hydrogen-bond donors (Lipinski definition) is 0. The van der Waals surface area contributed by atoms with Crippen LogP contribution in [0.5, 0.6) is 0 Å². The Morgan fingerprint density at radius 1 is 1.23 bits per heavy atom. The molecule has 13 heavy (non-hydrogen) atoms. The lowest BCUT2D eigenvalue weighted by Gasteiger charge is -2.14. The van der Waals surface area contributed by atoms with Gasteiger partial charge in [0.1, 0.15) is 0 Å². The fraction of sp³-hybridized carbons (Fsp3) is 0.400. The average Bonchev–Trinajstić information content (AvgIpc) is 2.06. The van der Waals surface area contributed by atoms with E-state index in [9.17, 15) is 0 Å². The summed E-state index contributed by atoms with van der Waals surface area (Å²) in [4.78, 5) is 2.21. The van der Waals surface area contributed by atoms with Crippen LogP contribution in [0.3, 0.4) is 0 Å². The van der Waals surface area contributed by atoms with E-state index in [2.05, 4.69) is 36.2 Å². The minimum Gasteiger partial charge on any atom is -0.301 e. The van der Waals surface area contributed by atoms with Gasteiger partial charge in [0.25, 0.3) is 0 Å². The zero-order valence-corrected chi connectivity index (χ0v) is 9.31. The van der Waals surface area contributed by atoms with E-state index in [1.165, 1.54) is 5.56 Å². The van der Waals surface area contributed by atoms with Crippen molar-refractivity contribution in [2.75, 3.05) is 19.5 Å². The highest BCUT2D eigenvalue weighted by Gasteiger charge is 1.97. The van der Waals surface area contributed by atoms with E-state index in [0.29, 0.717) is 5.88 Å². The van der Waals surface area contributed by atoms with Crippen molar-refractivity contribution in [1.29, 1.82) is 0 Å². The highest BCUT2D eigenvalue weighted by atomic mass is 35.5. The molecule has 0 amide bonds. The maximum Gasteiger partial charge on any atom is 0.0351 e. The summed E-state index contributed by atoms with van der Waals surface area (Å²) in [5.41, 5.74) is 1.34. The van der Waals surface area contributed by atoms with Crippen LogP contribution in [0.4, 0.5) is 0 Å². The van der Waals surface area contributed by atoms with E-state index >= 15 is 0 Å². The third-order valence-electron chi connectivity index (χ3n) is 1.76. The standard InChI is InChI=1S/C10H14ClN.ClH/c1-12(8-7-11)9-10-5-3-2-4-6-10;/h2-6H,7-9H2,1H3;1H. The number of rotatable bonds is 4. The molecule has 0 N–H and O–H groups in total. The molecule has 0 fully saturated rings. The normalized spacial score (nSPS) is 9.77. The first-order chi connectivity index (χ1) is 5.83. The molecule has 0 bridgehead atoms. The SMILES string of the molecule is CN(CCCl)Cc1ccccc1.Cl. The highest BCUT2D eigenvalue weighted by Crippen LogP contribution is 2.01. The Morgan fingerprint density at radius 2 is 1.85 bits per heavy atom. The minimum atomic E-state index is 0. The molecule has 0 atom stereocenters. The van der Waals surface area contributed by atoms with Crippen molar-refractivity contribution in [3.05, 3.63) is 35.9 Å². The van der Waals surface area contributed by atoms with Gasteiger partial charge in [0, 0.05) is 19.0 Å². The molecule has 0 aliphatic heterocycles. The lowest BCUT2D eigenvalue weighted by molar-refractivity contribution is 0.348. The fourth-order valence-corrected chi connectivity index (χ4v) is 1.41. The molecule has 0 spiro atoms. The predicted molar refractivity (Wildman–Crippen MR) is 60.7 cm³/mol. The molecule has 1 aromatic carbocycles. The van der Waals surface area contributed by atoms with Crippen LogP contribution in [0, 0.1) is 0 Å². The number of halogens is 2. The van der Waals surface area contributed by atoms with Gasteiger partial charge < -0.3 is 4.90 Å². The topological polar surface area (TPSA) is 3.24 Å². The monoisotopic (exact) mass is 219 g/mol. The number of alkyl halides is 1. The van der Waals surface area contributed by atoms with E-state index in [-0.39, 0.29) is 12.4 Å². The third kappa shape index (κ3) is 5.14. The van der Waals surface area contributed by atoms with E-state index < -0.39 is 0 Å². The molecule has 1 nitrogen and oxygen atoms in total. The van der Waals surface area contributed by atoms with Crippen molar-refractivity contribution in [1.82, 2.24) is 4.90 Å². The molecule has 0 saturated carbocycles. The van der Waals surface area contributed by atoms with Crippen molar-refractivity contribution in [2.24, 2.45) is 0 Å². The summed E-state index contributed by atoms with van der Waals surface area (Å²) in [6, 6.07) is 10.4. The molecule has 1 aromatic rings. The summed E-state index contributed by atoms with van der Waals surface area (Å²) in [5, 5.41) is 0. The summed E-state index contributed by atoms with van der Waals surface area (Å²) in [7, 11) is 2.08. The molecule has 0 aromatic heterocycles. The molecule has 1 rings (SSSR count). The Kier molecular flexibility index (Phi) is 7.06. The van der Waals surface area contributed by atoms with Gasteiger partial charge in [-0.2, -0.15) is 0 Å². The Hall–Kier alpha value is -0.240. The Morgan fingerprint density at radius 3 is 2.38 bits per heavy atom. The van der Waals surface area contributed by atoms with Gasteiger partial charge in [-0.15, -0.1) is 24.0 Å². The smallest absolute Gasteiger partial charge is 0.0351 e. The van der Waals surface area contributed by atoms with E-state index in [4.69, 9.17) is 11.6 Å². The van der Waals surface area contributed by atoms with E-state index in [0.717, 1.165) is 13.1 Å². The second-order valence-electron chi connectivity index (χ2n) is 2.91. The molecule has 74 valence electrons. The van der Waals surface area contributed by atoms with E-state index in [1.54, 1.807) is 0 Å². The van der Waals surface area contributed by atoms with Crippen molar-refractivity contribution in [3.63, 3.8) is 0 Å². The summed E-state index contributed by atoms with van der Waals surface area (Å²) >= 11 is 5.62. The molecule has 0 radical (unpaired) electrons. The average molecular weight is 220 g/mol. The Bertz CT molecular complexity index is 213. The van der Waals surface area contributed by atoms with Crippen LogP contribution in [0.15, 0.2) is 30.3 Å². The zero-order valence-electron chi connectivity index (χ0n) is 7.74. The number of hydrogen-bond acceptors (Lipinski definition) is 1. The van der Waals surface area contributed by atoms with Gasteiger partial charge in [0.15, 0.2) is 0 Å². The largest absolute Gasteiger partial charge is 0.301 e. The van der Waals surface area contributed by atoms with E-state index in [1.807, 2.05) is 6.07 Å². The van der Waals surface area contributed by atoms with Crippen LogP contribution < -0.4 is 0 Å². The summed E-state index contributed by atoms with van der Waals surface area (Å²) < 4.78 is 0. The van der Waals surface area contributed by atoms with Gasteiger partial charge in [-0.25, -0.2) is 0 Å². The van der Waals surface area contributed by atoms with Gasteiger partial charge in [-0.1, -0.05) is 30.3 Å². The first kappa shape index (κ1) is 12.8. The Labute approximate surface area is 91.1 Å². The molecule has 0 saturated heterocycles. The predicted octanol–water partition coefficient (Wildman–Crippen LogP) is 2.78. The quantitative estimate of drug-likeness (QED) is 0.705. The van der Waals surface area contributed by atoms with Crippen molar-refractivity contribution in [3.8, 4) is 0 Å². The zero-order chi connectivity index (χ0) is 8.81. The van der Waals surface area contributed by atoms with Crippen LogP contribution in [0.25, 0.3) is 0 Å². The highest BCUT2D eigenvalue weighted by molar-refractivity contribution is 6.18. The summed E-state index contributed by atoms with van der Waals surface area (Å²) in [5.74, 6) is 0.698. The number of nitrogens with zero attached hydrogens (tertiary/aromatic N) is 1. The van der Waals surface area contributed by atoms with Crippen molar-refractivity contribution < 1.29 is 0 Å². The van der Waals surface area contributed by atoms with Crippen LogP contribution in [0.2, 0.25) is 0 Å². The molecule has 3 heteroatoms. The summed E-state index contributed by atoms with van der Waals surface area (Å²) in [6.07, 6.45) is 0. The molecule has 0 heterocycles.